The van der Waals surface area contributed by atoms with Crippen LogP contribution in [0.4, 0.5) is 10.1 Å². The van der Waals surface area contributed by atoms with Crippen LogP contribution in [0.15, 0.2) is 40.9 Å². The fourth-order valence-electron chi connectivity index (χ4n) is 2.02. The molecule has 0 saturated carbocycles. The molecule has 5 heteroatoms. The van der Waals surface area contributed by atoms with Gasteiger partial charge < -0.3 is 10.1 Å². The molecule has 116 valence electrons. The zero-order valence-electron chi connectivity index (χ0n) is 12.5. The predicted molar refractivity (Wildman–Crippen MR) is 88.8 cm³/mol. The number of anilines is 1. The van der Waals surface area contributed by atoms with E-state index in [1.165, 1.54) is 23.8 Å². The van der Waals surface area contributed by atoms with Crippen molar-refractivity contribution in [1.82, 2.24) is 0 Å². The summed E-state index contributed by atoms with van der Waals surface area (Å²) in [6.45, 7) is 4.28. The Morgan fingerprint density at radius 1 is 1.23 bits per heavy atom. The second-order valence-corrected chi connectivity index (χ2v) is 5.89. The third kappa shape index (κ3) is 4.56. The molecular weight excluding hydrogens is 349 g/mol. The van der Waals surface area contributed by atoms with Gasteiger partial charge in [0.25, 0.3) is 0 Å². The third-order valence-electron chi connectivity index (χ3n) is 3.12. The van der Waals surface area contributed by atoms with E-state index in [0.717, 1.165) is 11.3 Å². The Kier molecular flexibility index (Phi) is 5.55. The molecule has 0 aliphatic rings. The van der Waals surface area contributed by atoms with Crippen LogP contribution in [0.5, 0.6) is 5.75 Å². The van der Waals surface area contributed by atoms with Gasteiger partial charge >= 0.3 is 0 Å². The highest BCUT2D eigenvalue weighted by molar-refractivity contribution is 9.10. The van der Waals surface area contributed by atoms with Crippen molar-refractivity contribution in [2.24, 2.45) is 0 Å². The van der Waals surface area contributed by atoms with Crippen LogP contribution in [0.3, 0.4) is 0 Å². The Labute approximate surface area is 137 Å². The van der Waals surface area contributed by atoms with Crippen molar-refractivity contribution in [3.63, 3.8) is 0 Å². The molecule has 0 heterocycles. The number of carbonyl (C=O) groups excluding carboxylic acids is 1. The van der Waals surface area contributed by atoms with Gasteiger partial charge in [-0.05, 0) is 59.6 Å². The van der Waals surface area contributed by atoms with E-state index in [9.17, 15) is 9.18 Å². The molecule has 0 aromatic heterocycles. The molecule has 1 amide bonds. The Bertz CT molecular complexity index is 688. The predicted octanol–water partition coefficient (Wildman–Crippen LogP) is 4.61. The lowest BCUT2D eigenvalue weighted by molar-refractivity contribution is -0.116. The van der Waals surface area contributed by atoms with E-state index in [2.05, 4.69) is 21.2 Å². The fraction of sp³-hybridized carbons (Fsp3) is 0.235. The second-order valence-electron chi connectivity index (χ2n) is 5.04. The van der Waals surface area contributed by atoms with Gasteiger partial charge in [-0.1, -0.05) is 17.7 Å². The zero-order valence-corrected chi connectivity index (χ0v) is 14.0. The quantitative estimate of drug-likeness (QED) is 0.839. The molecule has 3 nitrogen and oxygen atoms in total. The van der Waals surface area contributed by atoms with Crippen LogP contribution in [0, 0.1) is 19.7 Å². The van der Waals surface area contributed by atoms with E-state index < -0.39 is 0 Å². The largest absolute Gasteiger partial charge is 0.493 e. The summed E-state index contributed by atoms with van der Waals surface area (Å²) in [5, 5.41) is 2.71. The smallest absolute Gasteiger partial charge is 0.227 e. The number of benzene rings is 2. The molecule has 1 N–H and O–H groups in total. The molecule has 2 aromatic carbocycles. The first kappa shape index (κ1) is 16.5. The molecular formula is C17H17BrFNO2. The zero-order chi connectivity index (χ0) is 16.1. The number of halogens is 2. The van der Waals surface area contributed by atoms with Gasteiger partial charge in [0.2, 0.25) is 5.91 Å². The topological polar surface area (TPSA) is 38.3 Å². The molecule has 2 aromatic rings. The lowest BCUT2D eigenvalue weighted by Gasteiger charge is -2.10. The van der Waals surface area contributed by atoms with Gasteiger partial charge in [-0.3, -0.25) is 4.79 Å². The van der Waals surface area contributed by atoms with Gasteiger partial charge in [-0.2, -0.15) is 0 Å². The van der Waals surface area contributed by atoms with Gasteiger partial charge in [0, 0.05) is 4.47 Å². The minimum absolute atomic E-state index is 0.183. The van der Waals surface area contributed by atoms with Crippen LogP contribution in [0.1, 0.15) is 17.5 Å². The van der Waals surface area contributed by atoms with Crippen molar-refractivity contribution in [3.8, 4) is 5.75 Å². The summed E-state index contributed by atoms with van der Waals surface area (Å²) in [6, 6.07) is 10.0. The van der Waals surface area contributed by atoms with E-state index in [4.69, 9.17) is 4.74 Å². The molecule has 22 heavy (non-hydrogen) atoms. The normalized spacial score (nSPS) is 10.4. The van der Waals surface area contributed by atoms with E-state index in [1.54, 1.807) is 0 Å². The lowest BCUT2D eigenvalue weighted by Crippen LogP contribution is -2.15. The summed E-state index contributed by atoms with van der Waals surface area (Å²) in [4.78, 5) is 11.9. The van der Waals surface area contributed by atoms with Gasteiger partial charge in [-0.15, -0.1) is 0 Å². The molecule has 2 rings (SSSR count). The van der Waals surface area contributed by atoms with E-state index in [1.807, 2.05) is 32.0 Å². The van der Waals surface area contributed by atoms with Crippen molar-refractivity contribution < 1.29 is 13.9 Å². The number of ether oxygens (including phenoxy) is 1. The fourth-order valence-corrected chi connectivity index (χ4v) is 2.47. The molecule has 0 unspecified atom stereocenters. The summed E-state index contributed by atoms with van der Waals surface area (Å²) in [5.74, 6) is 0.237. The van der Waals surface area contributed by atoms with Gasteiger partial charge in [0.15, 0.2) is 0 Å². The Morgan fingerprint density at radius 3 is 2.68 bits per heavy atom. The average Bonchev–Trinajstić information content (AvgIpc) is 2.44. The maximum atomic E-state index is 13.0. The van der Waals surface area contributed by atoms with Crippen LogP contribution < -0.4 is 10.1 Å². The van der Waals surface area contributed by atoms with Gasteiger partial charge in [0.1, 0.15) is 11.6 Å². The van der Waals surface area contributed by atoms with Gasteiger partial charge in [0.05, 0.1) is 18.7 Å². The highest BCUT2D eigenvalue weighted by atomic mass is 79.9. The number of nitrogens with one attached hydrogen (secondary N) is 1. The Balaban J connectivity index is 1.85. The summed E-state index contributed by atoms with van der Waals surface area (Å²) in [5.41, 5.74) is 2.75. The van der Waals surface area contributed by atoms with E-state index in [-0.39, 0.29) is 24.8 Å². The first-order chi connectivity index (χ1) is 10.5. The third-order valence-corrected chi connectivity index (χ3v) is 3.78. The standard InChI is InChI=1S/C17H17BrFNO2/c1-11-3-6-16(12(2)9-11)22-8-7-17(21)20-15-5-4-13(19)10-14(15)18/h3-6,9-10H,7-8H2,1-2H3,(H,20,21). The van der Waals surface area contributed by atoms with Crippen molar-refractivity contribution >= 4 is 27.5 Å². The average molecular weight is 366 g/mol. The highest BCUT2D eigenvalue weighted by Gasteiger charge is 2.07. The molecule has 0 aliphatic carbocycles. The molecule has 0 spiro atoms. The number of hydrogen-bond donors (Lipinski definition) is 1. The first-order valence-corrected chi connectivity index (χ1v) is 7.70. The number of rotatable bonds is 5. The number of amides is 1. The van der Waals surface area contributed by atoms with Crippen LogP contribution in [-0.2, 0) is 4.79 Å². The Hall–Kier alpha value is -1.88. The Morgan fingerprint density at radius 2 is 2.00 bits per heavy atom. The maximum absolute atomic E-state index is 13.0. The monoisotopic (exact) mass is 365 g/mol. The van der Waals surface area contributed by atoms with Crippen molar-refractivity contribution in [3.05, 3.63) is 57.8 Å². The van der Waals surface area contributed by atoms with E-state index >= 15 is 0 Å². The van der Waals surface area contributed by atoms with Crippen molar-refractivity contribution in [2.75, 3.05) is 11.9 Å². The van der Waals surface area contributed by atoms with Crippen LogP contribution >= 0.6 is 15.9 Å². The van der Waals surface area contributed by atoms with E-state index in [0.29, 0.717) is 10.2 Å². The molecule has 0 fully saturated rings. The number of aryl methyl sites for hydroxylation is 2. The minimum Gasteiger partial charge on any atom is -0.493 e. The molecule has 0 saturated heterocycles. The highest BCUT2D eigenvalue weighted by Crippen LogP contribution is 2.23. The van der Waals surface area contributed by atoms with Crippen LogP contribution in [-0.4, -0.2) is 12.5 Å². The molecule has 0 atom stereocenters. The van der Waals surface area contributed by atoms with Gasteiger partial charge in [-0.25, -0.2) is 4.39 Å². The van der Waals surface area contributed by atoms with Crippen LogP contribution in [0.25, 0.3) is 0 Å². The summed E-state index contributed by atoms with van der Waals surface area (Å²) >= 11 is 3.21. The van der Waals surface area contributed by atoms with Crippen molar-refractivity contribution in [1.29, 1.82) is 0 Å². The molecule has 0 bridgehead atoms. The second kappa shape index (κ2) is 7.40. The number of hydrogen-bond acceptors (Lipinski definition) is 2. The van der Waals surface area contributed by atoms with Crippen molar-refractivity contribution in [2.45, 2.75) is 20.3 Å². The summed E-state index contributed by atoms with van der Waals surface area (Å²) < 4.78 is 19.1. The maximum Gasteiger partial charge on any atom is 0.227 e. The number of carbonyl (C=O) groups is 1. The molecule has 0 aliphatic heterocycles. The summed E-state index contributed by atoms with van der Waals surface area (Å²) in [6.07, 6.45) is 0.219. The first-order valence-electron chi connectivity index (χ1n) is 6.90. The minimum atomic E-state index is -0.358. The summed E-state index contributed by atoms with van der Waals surface area (Å²) in [7, 11) is 0. The lowest BCUT2D eigenvalue weighted by atomic mass is 10.1. The molecule has 0 radical (unpaired) electrons. The SMILES string of the molecule is Cc1ccc(OCCC(=O)Nc2ccc(F)cc2Br)c(C)c1. The van der Waals surface area contributed by atoms with Crippen LogP contribution in [0.2, 0.25) is 0 Å².